The van der Waals surface area contributed by atoms with Crippen molar-refractivity contribution in [3.63, 3.8) is 0 Å². The minimum Gasteiger partial charge on any atom is -0.493 e. The fourth-order valence-electron chi connectivity index (χ4n) is 2.37. The Morgan fingerprint density at radius 3 is 3.05 bits per heavy atom. The molecule has 1 aromatic carbocycles. The van der Waals surface area contributed by atoms with Crippen LogP contribution in [0.2, 0.25) is 0 Å². The molecule has 1 unspecified atom stereocenters. The van der Waals surface area contributed by atoms with Crippen LogP contribution in [0.1, 0.15) is 23.4 Å². The average molecular weight is 276 g/mol. The fraction of sp³-hybridized carbons (Fsp3) is 0.400. The van der Waals surface area contributed by atoms with Gasteiger partial charge in [0.2, 0.25) is 5.76 Å². The third kappa shape index (κ3) is 2.77. The first kappa shape index (κ1) is 13.0. The van der Waals surface area contributed by atoms with Crippen LogP contribution in [-0.2, 0) is 4.74 Å². The molecule has 1 N–H and O–H groups in total. The first-order valence-corrected chi connectivity index (χ1v) is 6.70. The van der Waals surface area contributed by atoms with Crippen LogP contribution in [0.3, 0.4) is 0 Å². The Morgan fingerprint density at radius 2 is 2.30 bits per heavy atom. The molecule has 1 aliphatic rings. The zero-order valence-electron chi connectivity index (χ0n) is 11.0. The highest BCUT2D eigenvalue weighted by molar-refractivity contribution is 5.91. The molecule has 0 radical (unpaired) electrons. The topological polar surface area (TPSA) is 68.9 Å². The smallest absolute Gasteiger partial charge is 0.371 e. The van der Waals surface area contributed by atoms with Crippen molar-refractivity contribution in [3.8, 4) is 5.75 Å². The molecule has 0 spiro atoms. The van der Waals surface area contributed by atoms with E-state index in [1.165, 1.54) is 6.07 Å². The largest absolute Gasteiger partial charge is 0.493 e. The number of furan rings is 1. The molecular formula is C15H16O5. The first-order chi connectivity index (χ1) is 9.72. The van der Waals surface area contributed by atoms with Gasteiger partial charge in [0.25, 0.3) is 0 Å². The van der Waals surface area contributed by atoms with E-state index in [1.807, 2.05) is 0 Å². The van der Waals surface area contributed by atoms with Crippen molar-refractivity contribution in [1.82, 2.24) is 0 Å². The summed E-state index contributed by atoms with van der Waals surface area (Å²) >= 11 is 0. The zero-order valence-corrected chi connectivity index (χ0v) is 11.0. The molecule has 0 bridgehead atoms. The molecule has 0 aliphatic carbocycles. The molecule has 1 atom stereocenters. The third-order valence-electron chi connectivity index (χ3n) is 3.44. The minimum absolute atomic E-state index is 0.0576. The monoisotopic (exact) mass is 276 g/mol. The van der Waals surface area contributed by atoms with Crippen molar-refractivity contribution in [3.05, 3.63) is 30.0 Å². The molecule has 3 rings (SSSR count). The number of rotatable bonds is 4. The maximum absolute atomic E-state index is 10.8. The average Bonchev–Trinajstić information content (AvgIpc) is 2.89. The highest BCUT2D eigenvalue weighted by Crippen LogP contribution is 2.25. The second-order valence-electron chi connectivity index (χ2n) is 5.01. The molecule has 0 saturated carbocycles. The molecule has 20 heavy (non-hydrogen) atoms. The van der Waals surface area contributed by atoms with Gasteiger partial charge in [-0.05, 0) is 37.1 Å². The van der Waals surface area contributed by atoms with E-state index in [2.05, 4.69) is 0 Å². The highest BCUT2D eigenvalue weighted by Gasteiger charge is 2.15. The van der Waals surface area contributed by atoms with E-state index in [0.29, 0.717) is 18.1 Å². The molecule has 1 saturated heterocycles. The first-order valence-electron chi connectivity index (χ1n) is 6.70. The van der Waals surface area contributed by atoms with Gasteiger partial charge in [-0.1, -0.05) is 0 Å². The lowest BCUT2D eigenvalue weighted by atomic mass is 10.0. The minimum atomic E-state index is -1.07. The normalized spacial score (nSPS) is 19.1. The predicted octanol–water partition coefficient (Wildman–Crippen LogP) is 2.94. The molecular weight excluding hydrogens is 260 g/mol. The Kier molecular flexibility index (Phi) is 3.60. The highest BCUT2D eigenvalue weighted by atomic mass is 16.5. The summed E-state index contributed by atoms with van der Waals surface area (Å²) in [6.45, 7) is 2.21. The number of aromatic carboxylic acids is 1. The lowest BCUT2D eigenvalue weighted by molar-refractivity contribution is 0.0352. The predicted molar refractivity (Wildman–Crippen MR) is 72.2 cm³/mol. The van der Waals surface area contributed by atoms with Crippen molar-refractivity contribution >= 4 is 16.9 Å². The van der Waals surface area contributed by atoms with Gasteiger partial charge in [-0.15, -0.1) is 0 Å². The van der Waals surface area contributed by atoms with Gasteiger partial charge >= 0.3 is 5.97 Å². The maximum atomic E-state index is 10.8. The van der Waals surface area contributed by atoms with Crippen molar-refractivity contribution in [1.29, 1.82) is 0 Å². The van der Waals surface area contributed by atoms with E-state index in [4.69, 9.17) is 19.0 Å². The number of benzene rings is 1. The molecule has 1 aromatic heterocycles. The Labute approximate surface area is 116 Å². The van der Waals surface area contributed by atoms with Crippen LogP contribution in [0.5, 0.6) is 5.75 Å². The van der Waals surface area contributed by atoms with Crippen LogP contribution >= 0.6 is 0 Å². The van der Waals surface area contributed by atoms with E-state index in [1.54, 1.807) is 18.2 Å². The number of carbonyl (C=O) groups is 1. The summed E-state index contributed by atoms with van der Waals surface area (Å²) in [6, 6.07) is 6.83. The zero-order chi connectivity index (χ0) is 13.9. The number of hydrogen-bond donors (Lipinski definition) is 1. The number of fused-ring (bicyclic) bond motifs is 1. The SMILES string of the molecule is O=C(O)c1cc2cc(OCC3CCCOC3)ccc2o1. The van der Waals surface area contributed by atoms with Crippen LogP contribution < -0.4 is 4.74 Å². The molecule has 106 valence electrons. The van der Waals surface area contributed by atoms with Gasteiger partial charge in [-0.2, -0.15) is 0 Å². The van der Waals surface area contributed by atoms with Gasteiger partial charge < -0.3 is 19.0 Å². The summed E-state index contributed by atoms with van der Waals surface area (Å²) < 4.78 is 16.4. The van der Waals surface area contributed by atoms with Crippen molar-refractivity contribution in [2.24, 2.45) is 5.92 Å². The summed E-state index contributed by atoms with van der Waals surface area (Å²) in [5.41, 5.74) is 0.552. The Balaban J connectivity index is 1.70. The van der Waals surface area contributed by atoms with E-state index >= 15 is 0 Å². The summed E-state index contributed by atoms with van der Waals surface area (Å²) in [7, 11) is 0. The van der Waals surface area contributed by atoms with Crippen molar-refractivity contribution in [2.45, 2.75) is 12.8 Å². The third-order valence-corrected chi connectivity index (χ3v) is 3.44. The van der Waals surface area contributed by atoms with Crippen LogP contribution in [0, 0.1) is 5.92 Å². The van der Waals surface area contributed by atoms with Crippen LogP contribution in [0.4, 0.5) is 0 Å². The number of ether oxygens (including phenoxy) is 2. The number of carboxylic acids is 1. The van der Waals surface area contributed by atoms with Gasteiger partial charge in [0.05, 0.1) is 13.2 Å². The van der Waals surface area contributed by atoms with Crippen molar-refractivity contribution < 1.29 is 23.8 Å². The van der Waals surface area contributed by atoms with Gasteiger partial charge in [0.15, 0.2) is 0 Å². The molecule has 2 aromatic rings. The van der Waals surface area contributed by atoms with E-state index < -0.39 is 5.97 Å². The van der Waals surface area contributed by atoms with Gasteiger partial charge in [-0.3, -0.25) is 0 Å². The second kappa shape index (κ2) is 5.54. The Hall–Kier alpha value is -2.01. The van der Waals surface area contributed by atoms with Gasteiger partial charge in [-0.25, -0.2) is 4.79 Å². The summed E-state index contributed by atoms with van der Waals surface area (Å²) in [5, 5.41) is 9.63. The fourth-order valence-corrected chi connectivity index (χ4v) is 2.37. The molecule has 1 fully saturated rings. The summed E-state index contributed by atoms with van der Waals surface area (Å²) in [4.78, 5) is 10.8. The van der Waals surface area contributed by atoms with Crippen LogP contribution in [0.25, 0.3) is 11.0 Å². The molecule has 5 heteroatoms. The lowest BCUT2D eigenvalue weighted by Crippen LogP contribution is -2.23. The Bertz CT molecular complexity index is 610. The van der Waals surface area contributed by atoms with Crippen molar-refractivity contribution in [2.75, 3.05) is 19.8 Å². The summed E-state index contributed by atoms with van der Waals surface area (Å²) in [6.07, 6.45) is 2.20. The van der Waals surface area contributed by atoms with Crippen LogP contribution in [-0.4, -0.2) is 30.9 Å². The lowest BCUT2D eigenvalue weighted by Gasteiger charge is -2.22. The molecule has 1 aliphatic heterocycles. The maximum Gasteiger partial charge on any atom is 0.371 e. The quantitative estimate of drug-likeness (QED) is 0.929. The molecule has 2 heterocycles. The van der Waals surface area contributed by atoms with E-state index in [0.717, 1.165) is 37.2 Å². The summed E-state index contributed by atoms with van der Waals surface area (Å²) in [5.74, 6) is 0.0278. The van der Waals surface area contributed by atoms with E-state index in [-0.39, 0.29) is 5.76 Å². The number of hydrogen-bond acceptors (Lipinski definition) is 4. The standard InChI is InChI=1S/C15H16O5/c16-15(17)14-7-11-6-12(3-4-13(11)20-14)19-9-10-2-1-5-18-8-10/h3-4,6-7,10H,1-2,5,8-9H2,(H,16,17). The Morgan fingerprint density at radius 1 is 1.40 bits per heavy atom. The van der Waals surface area contributed by atoms with Gasteiger partial charge in [0, 0.05) is 17.9 Å². The van der Waals surface area contributed by atoms with Gasteiger partial charge in [0.1, 0.15) is 11.3 Å². The molecule has 5 nitrogen and oxygen atoms in total. The molecule has 0 amide bonds. The second-order valence-corrected chi connectivity index (χ2v) is 5.01. The van der Waals surface area contributed by atoms with Crippen LogP contribution in [0.15, 0.2) is 28.7 Å². The number of carboxylic acid groups (broad SMARTS) is 1. The van der Waals surface area contributed by atoms with E-state index in [9.17, 15) is 4.79 Å².